The quantitative estimate of drug-likeness (QED) is 0.556. The first kappa shape index (κ1) is 19.2. The second kappa shape index (κ2) is 7.04. The number of aliphatic hydroxyl groups excluding tert-OH is 3. The van der Waals surface area contributed by atoms with Gasteiger partial charge >= 0.3 is 11.8 Å². The second-order valence-corrected chi connectivity index (χ2v) is 6.48. The van der Waals surface area contributed by atoms with Crippen molar-refractivity contribution in [2.24, 2.45) is 0 Å². The lowest BCUT2D eigenvalue weighted by atomic mass is 10.1. The van der Waals surface area contributed by atoms with Crippen molar-refractivity contribution in [1.29, 1.82) is 0 Å². The Morgan fingerprint density at radius 2 is 2.08 bits per heavy atom. The second-order valence-electron chi connectivity index (χ2n) is 6.48. The van der Waals surface area contributed by atoms with Crippen LogP contribution in [0.1, 0.15) is 27.0 Å². The number of anilines is 1. The van der Waals surface area contributed by atoms with E-state index in [1.54, 1.807) is 20.8 Å². The van der Waals surface area contributed by atoms with Gasteiger partial charge in [0.1, 0.15) is 23.9 Å². The Bertz CT molecular complexity index is 703. The number of carbonyl (C=O) groups is 1. The predicted octanol–water partition coefficient (Wildman–Crippen LogP) is -0.659. The predicted molar refractivity (Wildman–Crippen MR) is 81.3 cm³/mol. The largest absolute Gasteiger partial charge is 0.444 e. The normalized spacial score (nSPS) is 26.5. The number of aliphatic hydroxyl groups is 3. The van der Waals surface area contributed by atoms with Crippen molar-refractivity contribution in [2.75, 3.05) is 11.9 Å². The first-order chi connectivity index (χ1) is 11.5. The molecule has 0 radical (unpaired) electrons. The molecule has 1 fully saturated rings. The minimum Gasteiger partial charge on any atom is -0.444 e. The molecule has 1 aromatic heterocycles. The molecule has 1 aliphatic heterocycles. The van der Waals surface area contributed by atoms with Gasteiger partial charge in [0, 0.05) is 0 Å². The molecule has 2 rings (SSSR count). The Kier molecular flexibility index (Phi) is 5.42. The highest BCUT2D eigenvalue weighted by atomic mass is 19.1. The topological polar surface area (TPSA) is 143 Å². The lowest BCUT2D eigenvalue weighted by molar-refractivity contribution is -0.0553. The lowest BCUT2D eigenvalue weighted by Gasteiger charge is -2.20. The minimum absolute atomic E-state index is 0.600. The van der Waals surface area contributed by atoms with Crippen molar-refractivity contribution < 1.29 is 34.0 Å². The van der Waals surface area contributed by atoms with E-state index in [1.165, 1.54) is 0 Å². The highest BCUT2D eigenvalue weighted by molar-refractivity contribution is 5.83. The third-order valence-corrected chi connectivity index (χ3v) is 3.32. The fourth-order valence-electron chi connectivity index (χ4n) is 2.23. The smallest absolute Gasteiger partial charge is 0.413 e. The van der Waals surface area contributed by atoms with Crippen LogP contribution in [0.5, 0.6) is 0 Å². The molecular weight excluding hydrogens is 341 g/mol. The van der Waals surface area contributed by atoms with Gasteiger partial charge in [0.25, 0.3) is 0 Å². The summed E-state index contributed by atoms with van der Waals surface area (Å²) < 4.78 is 24.8. The average molecular weight is 361 g/mol. The van der Waals surface area contributed by atoms with E-state index in [9.17, 15) is 24.2 Å². The monoisotopic (exact) mass is 361 g/mol. The van der Waals surface area contributed by atoms with Crippen molar-refractivity contribution in [3.8, 4) is 0 Å². The summed E-state index contributed by atoms with van der Waals surface area (Å²) in [5.41, 5.74) is -1.87. The lowest BCUT2D eigenvalue weighted by Crippen LogP contribution is -2.37. The van der Waals surface area contributed by atoms with Crippen LogP contribution in [-0.4, -0.2) is 61.5 Å². The minimum atomic E-state index is -1.57. The number of nitrogens with zero attached hydrogens (tertiary/aromatic N) is 2. The summed E-state index contributed by atoms with van der Waals surface area (Å²) in [4.78, 5) is 27.1. The van der Waals surface area contributed by atoms with Gasteiger partial charge in [-0.15, -0.1) is 0 Å². The third-order valence-electron chi connectivity index (χ3n) is 3.32. The highest BCUT2D eigenvalue weighted by Crippen LogP contribution is 2.28. The maximum atomic E-state index is 14.1. The molecule has 25 heavy (non-hydrogen) atoms. The van der Waals surface area contributed by atoms with Crippen LogP contribution in [0, 0.1) is 5.82 Å². The van der Waals surface area contributed by atoms with Crippen LogP contribution >= 0.6 is 0 Å². The first-order valence-electron chi connectivity index (χ1n) is 7.44. The molecule has 4 N–H and O–H groups in total. The van der Waals surface area contributed by atoms with E-state index in [0.717, 1.165) is 0 Å². The molecule has 0 unspecified atom stereocenters. The van der Waals surface area contributed by atoms with E-state index in [1.807, 2.05) is 5.32 Å². The number of hydrogen-bond donors (Lipinski definition) is 4. The van der Waals surface area contributed by atoms with E-state index in [0.29, 0.717) is 10.8 Å². The molecule has 11 heteroatoms. The van der Waals surface area contributed by atoms with Crippen molar-refractivity contribution in [2.45, 2.75) is 50.9 Å². The van der Waals surface area contributed by atoms with Crippen molar-refractivity contribution in [1.82, 2.24) is 9.55 Å². The molecule has 0 spiro atoms. The number of carbonyl (C=O) groups excluding carboxylic acids is 1. The number of amides is 1. The Morgan fingerprint density at radius 1 is 1.44 bits per heavy atom. The molecule has 2 heterocycles. The summed E-state index contributed by atoms with van der Waals surface area (Å²) in [6, 6.07) is 0. The first-order valence-corrected chi connectivity index (χ1v) is 7.44. The summed E-state index contributed by atoms with van der Waals surface area (Å²) >= 11 is 0. The summed E-state index contributed by atoms with van der Waals surface area (Å²) in [6.07, 6.45) is -5.91. The summed E-state index contributed by atoms with van der Waals surface area (Å²) in [6.45, 7) is 4.22. The van der Waals surface area contributed by atoms with Crippen LogP contribution < -0.4 is 11.0 Å². The summed E-state index contributed by atoms with van der Waals surface area (Å²) in [5.74, 6) is -1.73. The summed E-state index contributed by atoms with van der Waals surface area (Å²) in [5, 5.41) is 30.6. The van der Waals surface area contributed by atoms with Crippen molar-refractivity contribution >= 4 is 11.9 Å². The number of rotatable bonds is 3. The molecule has 140 valence electrons. The van der Waals surface area contributed by atoms with Crippen LogP contribution in [0.15, 0.2) is 11.0 Å². The molecule has 1 saturated heterocycles. The van der Waals surface area contributed by atoms with E-state index < -0.39 is 60.2 Å². The maximum Gasteiger partial charge on any atom is 0.413 e. The van der Waals surface area contributed by atoms with Crippen LogP contribution in [0.3, 0.4) is 0 Å². The van der Waals surface area contributed by atoms with Gasteiger partial charge in [-0.25, -0.2) is 14.0 Å². The fraction of sp³-hybridized carbons (Fsp3) is 0.643. The van der Waals surface area contributed by atoms with E-state index in [-0.39, 0.29) is 0 Å². The third kappa shape index (κ3) is 4.31. The zero-order valence-electron chi connectivity index (χ0n) is 13.8. The maximum absolute atomic E-state index is 14.1. The number of ether oxygens (including phenoxy) is 2. The molecule has 1 aliphatic rings. The molecule has 0 saturated carbocycles. The van der Waals surface area contributed by atoms with E-state index in [4.69, 9.17) is 14.6 Å². The Balaban J connectivity index is 2.23. The number of hydrogen-bond acceptors (Lipinski definition) is 8. The van der Waals surface area contributed by atoms with Gasteiger partial charge < -0.3 is 24.8 Å². The van der Waals surface area contributed by atoms with Gasteiger partial charge in [0.15, 0.2) is 17.9 Å². The van der Waals surface area contributed by atoms with Gasteiger partial charge in [-0.2, -0.15) is 4.98 Å². The number of halogens is 1. The van der Waals surface area contributed by atoms with Crippen LogP contribution in [0.2, 0.25) is 0 Å². The van der Waals surface area contributed by atoms with Crippen LogP contribution in [0.25, 0.3) is 0 Å². The van der Waals surface area contributed by atoms with Crippen LogP contribution in [-0.2, 0) is 9.47 Å². The molecule has 0 aromatic carbocycles. The zero-order valence-corrected chi connectivity index (χ0v) is 13.8. The van der Waals surface area contributed by atoms with E-state index in [2.05, 4.69) is 4.98 Å². The Hall–Kier alpha value is -2.08. The Morgan fingerprint density at radius 3 is 2.60 bits per heavy atom. The number of nitrogens with one attached hydrogen (secondary N) is 1. The van der Waals surface area contributed by atoms with Gasteiger partial charge in [-0.05, 0) is 20.8 Å². The zero-order chi connectivity index (χ0) is 18.9. The summed E-state index contributed by atoms with van der Waals surface area (Å²) in [7, 11) is 0. The van der Waals surface area contributed by atoms with Gasteiger partial charge in [0.2, 0.25) is 0 Å². The average Bonchev–Trinajstić information content (AvgIpc) is 2.76. The van der Waals surface area contributed by atoms with E-state index >= 15 is 0 Å². The Labute approximate surface area is 141 Å². The van der Waals surface area contributed by atoms with Gasteiger partial charge in [-0.1, -0.05) is 0 Å². The fourth-order valence-corrected chi connectivity index (χ4v) is 2.23. The standard InChI is InChI=1S/C14H20FN3O7/c1-14(2,3)25-13(23)17-10-6(15)4-18(12(22)16-10)11-9(21)8(20)7(5-19)24-11/h4,7-9,11,19-21H,5H2,1-3H3,(H,16,17,22,23)/t7-,8-,9-,11-/m1/s1. The van der Waals surface area contributed by atoms with Gasteiger partial charge in [-0.3, -0.25) is 9.88 Å². The molecule has 10 nitrogen and oxygen atoms in total. The van der Waals surface area contributed by atoms with Crippen LogP contribution in [0.4, 0.5) is 15.0 Å². The number of aromatic nitrogens is 2. The molecule has 0 aliphatic carbocycles. The molecule has 0 bridgehead atoms. The van der Waals surface area contributed by atoms with Crippen molar-refractivity contribution in [3.05, 3.63) is 22.5 Å². The SMILES string of the molecule is CC(C)(C)OC(=O)Nc1nc(=O)n([C@@H]2O[C@H](CO)[C@@H](O)[C@H]2O)cc1F. The molecule has 4 atom stereocenters. The van der Waals surface area contributed by atoms with Gasteiger partial charge in [0.05, 0.1) is 12.8 Å². The molecule has 1 amide bonds. The highest BCUT2D eigenvalue weighted by Gasteiger charge is 2.44. The molecular formula is C14H20FN3O7. The van der Waals surface area contributed by atoms with Crippen molar-refractivity contribution in [3.63, 3.8) is 0 Å². The molecule has 1 aromatic rings.